The minimum Gasteiger partial charge on any atom is -0.343 e. The van der Waals surface area contributed by atoms with E-state index in [9.17, 15) is 9.59 Å². The van der Waals surface area contributed by atoms with Gasteiger partial charge in [-0.2, -0.15) is 4.98 Å². The topological polar surface area (TPSA) is 75.9 Å². The lowest BCUT2D eigenvalue weighted by Gasteiger charge is -2.19. The minimum absolute atomic E-state index is 0.401. The van der Waals surface area contributed by atoms with Crippen molar-refractivity contribution in [1.82, 2.24) is 19.1 Å². The predicted molar refractivity (Wildman–Crippen MR) is 70.1 cm³/mol. The summed E-state index contributed by atoms with van der Waals surface area (Å²) in [5.74, 6) is 0.696. The van der Waals surface area contributed by atoms with E-state index in [-0.39, 0.29) is 0 Å². The fourth-order valence-electron chi connectivity index (χ4n) is 2.09. The lowest BCUT2D eigenvalue weighted by Crippen LogP contribution is -2.29. The molecule has 0 saturated carbocycles. The highest BCUT2D eigenvalue weighted by Crippen LogP contribution is 2.16. The summed E-state index contributed by atoms with van der Waals surface area (Å²) < 4.78 is 3.07. The van der Waals surface area contributed by atoms with Crippen molar-refractivity contribution >= 4 is 17.1 Å². The predicted octanol–water partition coefficient (Wildman–Crippen LogP) is -0.193. The molecule has 2 heterocycles. The number of nitrogens with one attached hydrogen (secondary N) is 1. The second-order valence-corrected chi connectivity index (χ2v) is 4.13. The Hall–Kier alpha value is -2.05. The third-order valence-electron chi connectivity index (χ3n) is 3.16. The van der Waals surface area contributed by atoms with Crippen molar-refractivity contribution in [1.29, 1.82) is 0 Å². The smallest absolute Gasteiger partial charge is 0.329 e. The molecule has 0 spiro atoms. The first-order valence-electron chi connectivity index (χ1n) is 5.91. The monoisotopic (exact) mass is 251 g/mol. The lowest BCUT2D eigenvalue weighted by atomic mass is 10.5. The van der Waals surface area contributed by atoms with Crippen molar-refractivity contribution in [2.24, 2.45) is 14.1 Å². The number of nitrogens with zero attached hydrogens (tertiary/aromatic N) is 4. The van der Waals surface area contributed by atoms with Gasteiger partial charge in [-0.1, -0.05) is 0 Å². The van der Waals surface area contributed by atoms with E-state index in [0.29, 0.717) is 17.1 Å². The summed E-state index contributed by atoms with van der Waals surface area (Å²) in [7, 11) is 3.38. The van der Waals surface area contributed by atoms with Crippen molar-refractivity contribution in [3.63, 3.8) is 0 Å². The van der Waals surface area contributed by atoms with Crippen LogP contribution in [-0.4, -0.2) is 32.2 Å². The molecule has 0 aromatic carbocycles. The number of aryl methyl sites for hydroxylation is 2. The number of hydrogen-bond donors (Lipinski definition) is 1. The van der Waals surface area contributed by atoms with E-state index in [1.165, 1.54) is 4.57 Å². The van der Waals surface area contributed by atoms with Gasteiger partial charge in [-0.25, -0.2) is 4.79 Å². The molecule has 1 N–H and O–H groups in total. The average Bonchev–Trinajstić information content (AvgIpc) is 2.67. The first-order chi connectivity index (χ1) is 8.51. The number of rotatable bonds is 3. The number of anilines is 1. The Kier molecular flexibility index (Phi) is 2.98. The molecule has 2 aromatic rings. The molecule has 18 heavy (non-hydrogen) atoms. The molecule has 2 rings (SSSR count). The Morgan fingerprint density at radius 2 is 1.78 bits per heavy atom. The highest BCUT2D eigenvalue weighted by molar-refractivity contribution is 5.74. The van der Waals surface area contributed by atoms with Gasteiger partial charge in [0, 0.05) is 27.2 Å². The number of imidazole rings is 1. The molecule has 0 atom stereocenters. The van der Waals surface area contributed by atoms with Gasteiger partial charge in [0.15, 0.2) is 11.2 Å². The van der Waals surface area contributed by atoms with Crippen LogP contribution in [0.3, 0.4) is 0 Å². The molecule has 0 bridgehead atoms. The van der Waals surface area contributed by atoms with Gasteiger partial charge < -0.3 is 9.47 Å². The van der Waals surface area contributed by atoms with E-state index in [1.54, 1.807) is 18.7 Å². The van der Waals surface area contributed by atoms with Crippen LogP contribution in [0.15, 0.2) is 9.59 Å². The number of fused-ring (bicyclic) bond motifs is 1. The zero-order chi connectivity index (χ0) is 13.4. The quantitative estimate of drug-likeness (QED) is 0.820. The first kappa shape index (κ1) is 12.4. The van der Waals surface area contributed by atoms with Crippen LogP contribution in [0.4, 0.5) is 5.95 Å². The third kappa shape index (κ3) is 1.62. The summed E-state index contributed by atoms with van der Waals surface area (Å²) in [5.41, 5.74) is -0.0228. The van der Waals surface area contributed by atoms with Gasteiger partial charge in [0.05, 0.1) is 0 Å². The number of aromatic nitrogens is 4. The second kappa shape index (κ2) is 4.32. The molecule has 98 valence electrons. The fourth-order valence-corrected chi connectivity index (χ4v) is 2.09. The Balaban J connectivity index is 2.86. The van der Waals surface area contributed by atoms with E-state index in [2.05, 4.69) is 9.97 Å². The summed E-state index contributed by atoms with van der Waals surface area (Å²) in [5, 5.41) is 0. The SMILES string of the molecule is CCN(CC)c1nc2c(c(=O)[nH]c(=O)n2C)n1C. The molecule has 0 amide bonds. The maximum Gasteiger partial charge on any atom is 0.329 e. The standard InChI is InChI=1S/C11H17N5O2/c1-5-16(6-2)10-12-8-7(14(10)3)9(17)13-11(18)15(8)4/h5-6H2,1-4H3,(H,13,17,18). The molecule has 0 saturated heterocycles. The molecule has 2 aromatic heterocycles. The molecule has 7 nitrogen and oxygen atoms in total. The zero-order valence-corrected chi connectivity index (χ0v) is 11.0. The van der Waals surface area contributed by atoms with Crippen molar-refractivity contribution in [3.05, 3.63) is 20.8 Å². The van der Waals surface area contributed by atoms with Gasteiger partial charge in [0.25, 0.3) is 5.56 Å². The zero-order valence-electron chi connectivity index (χ0n) is 11.0. The van der Waals surface area contributed by atoms with Crippen LogP contribution in [0.25, 0.3) is 11.2 Å². The molecule has 7 heteroatoms. The number of H-pyrrole nitrogens is 1. The number of aromatic amines is 1. The maximum absolute atomic E-state index is 11.8. The van der Waals surface area contributed by atoms with Gasteiger partial charge in [-0.05, 0) is 13.8 Å². The van der Waals surface area contributed by atoms with Crippen LogP contribution < -0.4 is 16.1 Å². The second-order valence-electron chi connectivity index (χ2n) is 4.13. The van der Waals surface area contributed by atoms with Gasteiger partial charge in [0.2, 0.25) is 5.95 Å². The van der Waals surface area contributed by atoms with E-state index in [0.717, 1.165) is 13.1 Å². The number of hydrogen-bond acceptors (Lipinski definition) is 4. The molecule has 0 radical (unpaired) electrons. The van der Waals surface area contributed by atoms with E-state index >= 15 is 0 Å². The van der Waals surface area contributed by atoms with Gasteiger partial charge in [-0.15, -0.1) is 0 Å². The van der Waals surface area contributed by atoms with Crippen LogP contribution in [0.2, 0.25) is 0 Å². The van der Waals surface area contributed by atoms with Crippen molar-refractivity contribution in [3.8, 4) is 0 Å². The van der Waals surface area contributed by atoms with Gasteiger partial charge in [0.1, 0.15) is 0 Å². The van der Waals surface area contributed by atoms with Crippen molar-refractivity contribution in [2.45, 2.75) is 13.8 Å². The Morgan fingerprint density at radius 1 is 1.17 bits per heavy atom. The van der Waals surface area contributed by atoms with E-state index in [4.69, 9.17) is 0 Å². The average molecular weight is 251 g/mol. The van der Waals surface area contributed by atoms with Crippen molar-refractivity contribution in [2.75, 3.05) is 18.0 Å². The molecule has 0 aliphatic carbocycles. The Bertz CT molecular complexity index is 690. The van der Waals surface area contributed by atoms with Gasteiger partial charge >= 0.3 is 5.69 Å². The highest BCUT2D eigenvalue weighted by Gasteiger charge is 2.17. The van der Waals surface area contributed by atoms with E-state index in [1.807, 2.05) is 18.7 Å². The summed E-state index contributed by atoms with van der Waals surface area (Å²) in [4.78, 5) is 32.1. The van der Waals surface area contributed by atoms with Crippen LogP contribution in [0, 0.1) is 0 Å². The minimum atomic E-state index is -0.448. The largest absolute Gasteiger partial charge is 0.343 e. The van der Waals surface area contributed by atoms with Crippen molar-refractivity contribution < 1.29 is 0 Å². The molecule has 0 aliphatic heterocycles. The maximum atomic E-state index is 11.8. The van der Waals surface area contributed by atoms with Crippen LogP contribution >= 0.6 is 0 Å². The Labute approximate surface area is 104 Å². The normalized spacial score (nSPS) is 11.1. The summed E-state index contributed by atoms with van der Waals surface area (Å²) in [6.07, 6.45) is 0. The lowest BCUT2D eigenvalue weighted by molar-refractivity contribution is 0.784. The third-order valence-corrected chi connectivity index (χ3v) is 3.16. The molecule has 0 unspecified atom stereocenters. The summed E-state index contributed by atoms with van der Waals surface area (Å²) in [6, 6.07) is 0. The molecular weight excluding hydrogens is 234 g/mol. The highest BCUT2D eigenvalue weighted by atomic mass is 16.2. The van der Waals surface area contributed by atoms with Crippen LogP contribution in [0.5, 0.6) is 0 Å². The summed E-state index contributed by atoms with van der Waals surface area (Å²) in [6.45, 7) is 5.62. The van der Waals surface area contributed by atoms with Crippen LogP contribution in [-0.2, 0) is 14.1 Å². The van der Waals surface area contributed by atoms with E-state index < -0.39 is 11.2 Å². The Morgan fingerprint density at radius 3 is 2.33 bits per heavy atom. The fraction of sp³-hybridized carbons (Fsp3) is 0.545. The molecular formula is C11H17N5O2. The summed E-state index contributed by atoms with van der Waals surface area (Å²) >= 11 is 0. The van der Waals surface area contributed by atoms with Crippen LogP contribution in [0.1, 0.15) is 13.8 Å². The van der Waals surface area contributed by atoms with Gasteiger partial charge in [-0.3, -0.25) is 14.3 Å². The molecule has 0 fully saturated rings. The first-order valence-corrected chi connectivity index (χ1v) is 5.91. The molecule has 0 aliphatic rings.